The molecule has 124 valence electrons. The van der Waals surface area contributed by atoms with Crippen molar-refractivity contribution >= 4 is 11.6 Å². The van der Waals surface area contributed by atoms with Crippen molar-refractivity contribution in [1.29, 1.82) is 5.26 Å². The number of nitriles is 1. The fourth-order valence-corrected chi connectivity index (χ4v) is 2.20. The topological polar surface area (TPSA) is 62.1 Å². The van der Waals surface area contributed by atoms with Crippen LogP contribution in [0.25, 0.3) is 0 Å². The van der Waals surface area contributed by atoms with Gasteiger partial charge in [0.1, 0.15) is 5.75 Å². The number of nitrogens with one attached hydrogen (secondary N) is 1. The molecule has 0 saturated carbocycles. The van der Waals surface area contributed by atoms with Gasteiger partial charge in [-0.3, -0.25) is 4.79 Å². The Morgan fingerprint density at radius 3 is 2.42 bits per heavy atom. The predicted molar refractivity (Wildman–Crippen MR) is 95.0 cm³/mol. The number of carbonyl (C=O) groups is 1. The van der Waals surface area contributed by atoms with E-state index in [9.17, 15) is 4.79 Å². The molecule has 0 aliphatic rings. The molecule has 1 N–H and O–H groups in total. The maximum Gasteiger partial charge on any atom is 0.265 e. The Hall–Kier alpha value is -2.80. The van der Waals surface area contributed by atoms with Crippen LogP contribution in [0.2, 0.25) is 0 Å². The molecule has 0 aromatic heterocycles. The predicted octanol–water partition coefficient (Wildman–Crippen LogP) is 4.26. The van der Waals surface area contributed by atoms with Crippen LogP contribution in [-0.4, -0.2) is 12.0 Å². The number of anilines is 1. The normalized spacial score (nSPS) is 12.1. The maximum atomic E-state index is 12.2. The van der Waals surface area contributed by atoms with Crippen LogP contribution in [0.5, 0.6) is 5.75 Å². The first-order valence-electron chi connectivity index (χ1n) is 7.88. The Balaban J connectivity index is 2.00. The van der Waals surface area contributed by atoms with E-state index in [1.54, 1.807) is 31.2 Å². The molecule has 0 saturated heterocycles. The van der Waals surface area contributed by atoms with Crippen LogP contribution in [0, 0.1) is 11.3 Å². The van der Waals surface area contributed by atoms with E-state index in [1.165, 1.54) is 5.56 Å². The first-order valence-corrected chi connectivity index (χ1v) is 7.88. The molecule has 0 heterocycles. The van der Waals surface area contributed by atoms with E-state index in [1.807, 2.05) is 30.3 Å². The summed E-state index contributed by atoms with van der Waals surface area (Å²) in [5.74, 6) is 0.390. The number of hydrogen-bond donors (Lipinski definition) is 1. The highest BCUT2D eigenvalue weighted by atomic mass is 16.5. The minimum atomic E-state index is -0.642. The third-order valence-electron chi connectivity index (χ3n) is 3.66. The van der Waals surface area contributed by atoms with Gasteiger partial charge in [-0.15, -0.1) is 0 Å². The SMILES string of the molecule is C[C@H](Oc1ccc(C(C)(C)C)cc1)C(=O)Nc1cccc(C#N)c1. The molecule has 0 bridgehead atoms. The van der Waals surface area contributed by atoms with Gasteiger partial charge in [-0.25, -0.2) is 0 Å². The molecule has 0 aliphatic carbocycles. The highest BCUT2D eigenvalue weighted by Crippen LogP contribution is 2.24. The lowest BCUT2D eigenvalue weighted by Crippen LogP contribution is -2.30. The molecule has 4 heteroatoms. The van der Waals surface area contributed by atoms with Gasteiger partial charge < -0.3 is 10.1 Å². The van der Waals surface area contributed by atoms with E-state index in [0.717, 1.165) is 0 Å². The fourth-order valence-electron chi connectivity index (χ4n) is 2.20. The van der Waals surface area contributed by atoms with E-state index in [0.29, 0.717) is 17.0 Å². The van der Waals surface area contributed by atoms with Gasteiger partial charge >= 0.3 is 0 Å². The van der Waals surface area contributed by atoms with Crippen LogP contribution in [0.1, 0.15) is 38.8 Å². The monoisotopic (exact) mass is 322 g/mol. The first kappa shape index (κ1) is 17.6. The fraction of sp³-hybridized carbons (Fsp3) is 0.300. The second kappa shape index (κ2) is 7.18. The summed E-state index contributed by atoms with van der Waals surface area (Å²) in [6, 6.07) is 16.6. The number of nitrogens with zero attached hydrogens (tertiary/aromatic N) is 1. The van der Waals surface area contributed by atoms with Crippen molar-refractivity contribution in [2.24, 2.45) is 0 Å². The van der Waals surface area contributed by atoms with Crippen molar-refractivity contribution in [1.82, 2.24) is 0 Å². The lowest BCUT2D eigenvalue weighted by atomic mass is 9.87. The third kappa shape index (κ3) is 4.60. The highest BCUT2D eigenvalue weighted by molar-refractivity contribution is 5.94. The molecular weight excluding hydrogens is 300 g/mol. The molecule has 2 rings (SSSR count). The van der Waals surface area contributed by atoms with Crippen LogP contribution in [0.4, 0.5) is 5.69 Å². The van der Waals surface area contributed by atoms with Crippen LogP contribution in [0.15, 0.2) is 48.5 Å². The molecular formula is C20H22N2O2. The average molecular weight is 322 g/mol. The summed E-state index contributed by atoms with van der Waals surface area (Å²) < 4.78 is 5.70. The lowest BCUT2D eigenvalue weighted by Gasteiger charge is -2.20. The van der Waals surface area contributed by atoms with Crippen molar-refractivity contribution in [3.8, 4) is 11.8 Å². The zero-order valence-corrected chi connectivity index (χ0v) is 14.5. The average Bonchev–Trinajstić information content (AvgIpc) is 2.54. The van der Waals surface area contributed by atoms with E-state index in [2.05, 4.69) is 26.1 Å². The highest BCUT2D eigenvalue weighted by Gasteiger charge is 2.17. The minimum Gasteiger partial charge on any atom is -0.481 e. The van der Waals surface area contributed by atoms with Crippen molar-refractivity contribution < 1.29 is 9.53 Å². The summed E-state index contributed by atoms with van der Waals surface area (Å²) in [4.78, 5) is 12.2. The smallest absolute Gasteiger partial charge is 0.265 e. The van der Waals surface area contributed by atoms with E-state index in [-0.39, 0.29) is 11.3 Å². The van der Waals surface area contributed by atoms with Crippen LogP contribution >= 0.6 is 0 Å². The second-order valence-electron chi connectivity index (χ2n) is 6.72. The van der Waals surface area contributed by atoms with Gasteiger partial charge in [-0.05, 0) is 48.2 Å². The molecule has 0 spiro atoms. The van der Waals surface area contributed by atoms with E-state index in [4.69, 9.17) is 10.00 Å². The van der Waals surface area contributed by atoms with Crippen molar-refractivity contribution in [2.45, 2.75) is 39.2 Å². The number of ether oxygens (including phenoxy) is 1. The van der Waals surface area contributed by atoms with Gasteiger partial charge in [0, 0.05) is 5.69 Å². The van der Waals surface area contributed by atoms with Crippen LogP contribution in [-0.2, 0) is 10.2 Å². The maximum absolute atomic E-state index is 12.2. The van der Waals surface area contributed by atoms with Gasteiger partial charge in [0.05, 0.1) is 11.6 Å². The summed E-state index contributed by atoms with van der Waals surface area (Å²) in [5, 5.41) is 11.6. The molecule has 0 unspecified atom stereocenters. The Kier molecular flexibility index (Phi) is 5.25. The molecule has 0 aliphatic heterocycles. The van der Waals surface area contributed by atoms with Gasteiger partial charge in [0.2, 0.25) is 0 Å². The zero-order chi connectivity index (χ0) is 17.7. The summed E-state index contributed by atoms with van der Waals surface area (Å²) in [7, 11) is 0. The molecule has 1 amide bonds. The number of hydrogen-bond acceptors (Lipinski definition) is 3. The third-order valence-corrected chi connectivity index (χ3v) is 3.66. The van der Waals surface area contributed by atoms with Crippen molar-refractivity contribution in [2.75, 3.05) is 5.32 Å². The molecule has 0 fully saturated rings. The molecule has 0 radical (unpaired) electrons. The number of benzene rings is 2. The Morgan fingerprint density at radius 1 is 1.17 bits per heavy atom. The van der Waals surface area contributed by atoms with Gasteiger partial charge in [-0.2, -0.15) is 5.26 Å². The van der Waals surface area contributed by atoms with Gasteiger partial charge in [0.25, 0.3) is 5.91 Å². The van der Waals surface area contributed by atoms with Crippen molar-refractivity contribution in [3.05, 3.63) is 59.7 Å². The summed E-state index contributed by atoms with van der Waals surface area (Å²) in [6.45, 7) is 8.14. The second-order valence-corrected chi connectivity index (χ2v) is 6.72. The van der Waals surface area contributed by atoms with Crippen molar-refractivity contribution in [3.63, 3.8) is 0 Å². The van der Waals surface area contributed by atoms with Crippen LogP contribution in [0.3, 0.4) is 0 Å². The number of rotatable bonds is 4. The van der Waals surface area contributed by atoms with E-state index >= 15 is 0 Å². The Labute approximate surface area is 143 Å². The quantitative estimate of drug-likeness (QED) is 0.914. The molecule has 4 nitrogen and oxygen atoms in total. The summed E-state index contributed by atoms with van der Waals surface area (Å²) >= 11 is 0. The molecule has 2 aromatic carbocycles. The lowest BCUT2D eigenvalue weighted by molar-refractivity contribution is -0.122. The number of carbonyl (C=O) groups excluding carboxylic acids is 1. The standard InChI is InChI=1S/C20H22N2O2/c1-14(19(23)22-17-7-5-6-15(12-17)13-21)24-18-10-8-16(9-11-18)20(2,3)4/h5-12,14H,1-4H3,(H,22,23)/t14-/m0/s1. The van der Waals surface area contributed by atoms with Gasteiger partial charge in [-0.1, -0.05) is 39.0 Å². The van der Waals surface area contributed by atoms with Crippen LogP contribution < -0.4 is 10.1 Å². The minimum absolute atomic E-state index is 0.0767. The largest absolute Gasteiger partial charge is 0.481 e. The summed E-state index contributed by atoms with van der Waals surface area (Å²) in [5.41, 5.74) is 2.37. The van der Waals surface area contributed by atoms with Gasteiger partial charge in [0.15, 0.2) is 6.10 Å². The molecule has 24 heavy (non-hydrogen) atoms. The Morgan fingerprint density at radius 2 is 1.83 bits per heavy atom. The molecule has 2 aromatic rings. The zero-order valence-electron chi connectivity index (χ0n) is 14.5. The molecule has 1 atom stereocenters. The number of amides is 1. The van der Waals surface area contributed by atoms with E-state index < -0.39 is 6.10 Å². The Bertz CT molecular complexity index is 752. The summed E-state index contributed by atoms with van der Waals surface area (Å²) in [6.07, 6.45) is -0.642. The first-order chi connectivity index (χ1) is 11.3.